The van der Waals surface area contributed by atoms with Crippen molar-refractivity contribution < 1.29 is 19.1 Å². The van der Waals surface area contributed by atoms with E-state index in [1.54, 1.807) is 30.3 Å². The number of amides is 2. The van der Waals surface area contributed by atoms with Crippen molar-refractivity contribution in [1.29, 1.82) is 0 Å². The van der Waals surface area contributed by atoms with E-state index in [1.165, 1.54) is 7.11 Å². The fourth-order valence-corrected chi connectivity index (χ4v) is 4.04. The molecule has 1 heterocycles. The van der Waals surface area contributed by atoms with Gasteiger partial charge in [-0.05, 0) is 48.4 Å². The van der Waals surface area contributed by atoms with Crippen LogP contribution in [0, 0.1) is 6.92 Å². The van der Waals surface area contributed by atoms with Gasteiger partial charge >= 0.3 is 0 Å². The monoisotopic (exact) mass is 482 g/mol. The van der Waals surface area contributed by atoms with Crippen molar-refractivity contribution in [2.24, 2.45) is 0 Å². The van der Waals surface area contributed by atoms with Gasteiger partial charge in [0.05, 0.1) is 17.0 Å². The molecule has 0 radical (unpaired) electrons. The van der Waals surface area contributed by atoms with Crippen LogP contribution in [0.5, 0.6) is 11.5 Å². The number of halogens is 2. The highest BCUT2D eigenvalue weighted by atomic mass is 35.5. The molecule has 2 amide bonds. The van der Waals surface area contributed by atoms with E-state index in [4.69, 9.17) is 44.9 Å². The summed E-state index contributed by atoms with van der Waals surface area (Å²) in [7, 11) is 1.45. The van der Waals surface area contributed by atoms with Crippen molar-refractivity contribution in [2.45, 2.75) is 6.92 Å². The van der Waals surface area contributed by atoms with Crippen molar-refractivity contribution in [3.8, 4) is 11.5 Å². The van der Waals surface area contributed by atoms with E-state index in [2.05, 4.69) is 10.6 Å². The first-order valence-corrected chi connectivity index (χ1v) is 10.6. The van der Waals surface area contributed by atoms with Crippen molar-refractivity contribution in [3.05, 3.63) is 56.4 Å². The van der Waals surface area contributed by atoms with E-state index in [1.807, 2.05) is 13.0 Å². The van der Waals surface area contributed by atoms with Gasteiger partial charge in [0, 0.05) is 10.7 Å². The van der Waals surface area contributed by atoms with Crippen LogP contribution in [-0.2, 0) is 9.59 Å². The van der Waals surface area contributed by atoms with E-state index >= 15 is 0 Å². The Morgan fingerprint density at radius 1 is 1.27 bits per heavy atom. The number of thioether (sulfide) groups is 1. The first-order chi connectivity index (χ1) is 14.3. The number of aryl methyl sites for hydroxylation is 1. The number of anilines is 1. The molecule has 6 nitrogen and oxygen atoms in total. The van der Waals surface area contributed by atoms with Gasteiger partial charge < -0.3 is 20.1 Å². The fraction of sp³-hybridized carbons (Fsp3) is 0.150. The summed E-state index contributed by atoms with van der Waals surface area (Å²) < 4.78 is 11.3. The van der Waals surface area contributed by atoms with Gasteiger partial charge in [-0.1, -0.05) is 53.2 Å². The Morgan fingerprint density at radius 2 is 2.03 bits per heavy atom. The zero-order valence-electron chi connectivity index (χ0n) is 15.9. The highest BCUT2D eigenvalue weighted by molar-refractivity contribution is 8.26. The number of carbonyl (C=O) groups is 2. The van der Waals surface area contributed by atoms with Crippen LogP contribution in [0.4, 0.5) is 5.69 Å². The van der Waals surface area contributed by atoms with E-state index < -0.39 is 0 Å². The first-order valence-electron chi connectivity index (χ1n) is 8.58. The van der Waals surface area contributed by atoms with Crippen LogP contribution < -0.4 is 20.1 Å². The number of carbonyl (C=O) groups excluding carboxylic acids is 2. The molecule has 1 aliphatic heterocycles. The Kier molecular flexibility index (Phi) is 7.25. The minimum atomic E-state index is -0.383. The maximum Gasteiger partial charge on any atom is 0.263 e. The topological polar surface area (TPSA) is 76.7 Å². The molecule has 1 saturated heterocycles. The number of hydrogen-bond donors (Lipinski definition) is 2. The molecule has 10 heteroatoms. The van der Waals surface area contributed by atoms with E-state index in [0.29, 0.717) is 31.2 Å². The molecular formula is C20H16Cl2N2O4S2. The van der Waals surface area contributed by atoms with Crippen LogP contribution in [0.15, 0.2) is 35.2 Å². The number of benzene rings is 2. The molecule has 3 rings (SSSR count). The highest BCUT2D eigenvalue weighted by Gasteiger charge is 2.22. The quantitative estimate of drug-likeness (QED) is 0.454. The molecule has 0 saturated carbocycles. The minimum absolute atomic E-state index is 0.220. The molecule has 2 aromatic rings. The predicted octanol–water partition coefficient (Wildman–Crippen LogP) is 4.82. The van der Waals surface area contributed by atoms with Gasteiger partial charge in [0.15, 0.2) is 18.1 Å². The normalized spacial score (nSPS) is 14.6. The largest absolute Gasteiger partial charge is 0.493 e. The standard InChI is InChI=1S/C20H16Cl2N2O4S2/c1-10-3-4-12(8-13(10)21)23-17(25)9-28-18-14(22)5-11(6-15(18)27-2)7-16-19(26)24-20(29)30-16/h3-8H,9H2,1-2H3,(H,23,25)(H,24,26,29). The summed E-state index contributed by atoms with van der Waals surface area (Å²) in [6.07, 6.45) is 1.64. The van der Waals surface area contributed by atoms with Crippen molar-refractivity contribution >= 4 is 75.1 Å². The van der Waals surface area contributed by atoms with Crippen LogP contribution >= 0.6 is 47.2 Å². The summed E-state index contributed by atoms with van der Waals surface area (Å²) in [4.78, 5) is 24.5. The summed E-state index contributed by atoms with van der Waals surface area (Å²) in [5.41, 5.74) is 2.10. The number of hydrogen-bond acceptors (Lipinski definition) is 6. The van der Waals surface area contributed by atoms with Gasteiger partial charge in [-0.25, -0.2) is 0 Å². The van der Waals surface area contributed by atoms with Crippen molar-refractivity contribution in [2.75, 3.05) is 19.0 Å². The molecule has 1 fully saturated rings. The smallest absolute Gasteiger partial charge is 0.263 e. The number of ether oxygens (including phenoxy) is 2. The van der Waals surface area contributed by atoms with Crippen molar-refractivity contribution in [1.82, 2.24) is 5.32 Å². The zero-order chi connectivity index (χ0) is 21.8. The lowest BCUT2D eigenvalue weighted by Gasteiger charge is -2.14. The molecule has 156 valence electrons. The molecule has 0 unspecified atom stereocenters. The van der Waals surface area contributed by atoms with Gasteiger partial charge in [0.1, 0.15) is 4.32 Å². The van der Waals surface area contributed by atoms with Crippen LogP contribution in [0.25, 0.3) is 6.08 Å². The molecule has 2 N–H and O–H groups in total. The average molecular weight is 483 g/mol. The minimum Gasteiger partial charge on any atom is -0.493 e. The summed E-state index contributed by atoms with van der Waals surface area (Å²) in [5, 5.41) is 6.04. The maximum absolute atomic E-state index is 12.2. The second-order valence-corrected chi connectivity index (χ2v) is 8.72. The maximum atomic E-state index is 12.2. The summed E-state index contributed by atoms with van der Waals surface area (Å²) in [6.45, 7) is 1.59. The molecule has 0 atom stereocenters. The Labute approximate surface area is 192 Å². The predicted molar refractivity (Wildman–Crippen MR) is 125 cm³/mol. The van der Waals surface area contributed by atoms with Gasteiger partial charge in [0.2, 0.25) is 0 Å². The third kappa shape index (κ3) is 5.46. The van der Waals surface area contributed by atoms with E-state index in [9.17, 15) is 9.59 Å². The number of nitrogens with one attached hydrogen (secondary N) is 2. The first kappa shape index (κ1) is 22.4. The highest BCUT2D eigenvalue weighted by Crippen LogP contribution is 2.38. The zero-order valence-corrected chi connectivity index (χ0v) is 19.0. The molecular weight excluding hydrogens is 467 g/mol. The Bertz CT molecular complexity index is 1070. The molecule has 0 bridgehead atoms. The Hall–Kier alpha value is -2.26. The molecule has 0 aromatic heterocycles. The number of rotatable bonds is 6. The fourth-order valence-electron chi connectivity index (χ4n) is 2.54. The average Bonchev–Trinajstić information content (AvgIpc) is 3.00. The number of thiocarbonyl (C=S) groups is 1. The van der Waals surface area contributed by atoms with Crippen LogP contribution in [0.1, 0.15) is 11.1 Å². The molecule has 30 heavy (non-hydrogen) atoms. The van der Waals surface area contributed by atoms with E-state index in [-0.39, 0.29) is 29.2 Å². The Balaban J connectivity index is 1.72. The Morgan fingerprint density at radius 3 is 2.67 bits per heavy atom. The van der Waals surface area contributed by atoms with E-state index in [0.717, 1.165) is 17.3 Å². The summed E-state index contributed by atoms with van der Waals surface area (Å²) >= 11 is 18.5. The van der Waals surface area contributed by atoms with Gasteiger partial charge in [-0.3, -0.25) is 9.59 Å². The summed E-state index contributed by atoms with van der Waals surface area (Å²) in [5.74, 6) is -0.107. The summed E-state index contributed by atoms with van der Waals surface area (Å²) in [6, 6.07) is 8.48. The second kappa shape index (κ2) is 9.70. The van der Waals surface area contributed by atoms with Crippen LogP contribution in [0.2, 0.25) is 10.0 Å². The van der Waals surface area contributed by atoms with Gasteiger partial charge in [-0.2, -0.15) is 0 Å². The molecule has 1 aliphatic rings. The third-order valence-electron chi connectivity index (χ3n) is 3.99. The molecule has 2 aromatic carbocycles. The third-order valence-corrected chi connectivity index (χ3v) is 5.85. The second-order valence-electron chi connectivity index (χ2n) is 6.19. The SMILES string of the molecule is COc1cc(C=C2SC(=S)NC2=O)cc(Cl)c1OCC(=O)Nc1ccc(C)c(Cl)c1. The lowest BCUT2D eigenvalue weighted by atomic mass is 10.2. The van der Waals surface area contributed by atoms with Crippen LogP contribution in [-0.4, -0.2) is 29.9 Å². The number of methoxy groups -OCH3 is 1. The van der Waals surface area contributed by atoms with Gasteiger partial charge in [-0.15, -0.1) is 0 Å². The van der Waals surface area contributed by atoms with Gasteiger partial charge in [0.25, 0.3) is 11.8 Å². The van der Waals surface area contributed by atoms with Crippen molar-refractivity contribution in [3.63, 3.8) is 0 Å². The molecule has 0 aliphatic carbocycles. The molecule has 0 spiro atoms. The van der Waals surface area contributed by atoms with Crippen LogP contribution in [0.3, 0.4) is 0 Å². The lowest BCUT2D eigenvalue weighted by Crippen LogP contribution is -2.20. The lowest BCUT2D eigenvalue weighted by molar-refractivity contribution is -0.118.